The number of esters is 1. The summed E-state index contributed by atoms with van der Waals surface area (Å²) in [5.41, 5.74) is -0.328. The van der Waals surface area contributed by atoms with Crippen LogP contribution in [0.3, 0.4) is 0 Å². The lowest BCUT2D eigenvalue weighted by Crippen LogP contribution is -2.21. The highest BCUT2D eigenvalue weighted by Crippen LogP contribution is 2.05. The highest BCUT2D eigenvalue weighted by Gasteiger charge is 2.11. The summed E-state index contributed by atoms with van der Waals surface area (Å²) in [6.45, 7) is 10.6. The predicted octanol–water partition coefficient (Wildman–Crippen LogP) is 2.12. The van der Waals surface area contributed by atoms with E-state index in [1.165, 1.54) is 6.92 Å². The molecule has 0 amide bonds. The number of hydrogen-bond donors (Lipinski definition) is 0. The summed E-state index contributed by atoms with van der Waals surface area (Å²) in [6.07, 6.45) is 1.08. The molecule has 0 spiro atoms. The first kappa shape index (κ1) is 14.4. The highest BCUT2D eigenvalue weighted by molar-refractivity contribution is 5.66. The molecule has 1 fully saturated rings. The minimum atomic E-state index is -0.328. The molecule has 1 aliphatic rings. The third-order valence-corrected chi connectivity index (χ3v) is 1.44. The van der Waals surface area contributed by atoms with Crippen molar-refractivity contribution >= 4 is 5.97 Å². The molecule has 1 rings (SSSR count). The number of rotatable bonds is 0. The number of carbonyl (C=O) groups excluding carboxylic acids is 1. The quantitative estimate of drug-likeness (QED) is 0.584. The monoisotopic (exact) mass is 218 g/mol. The highest BCUT2D eigenvalue weighted by atomic mass is 16.7. The molecule has 4 nitrogen and oxygen atoms in total. The van der Waals surface area contributed by atoms with E-state index in [0.717, 1.165) is 19.6 Å². The van der Waals surface area contributed by atoms with Gasteiger partial charge >= 0.3 is 5.97 Å². The average molecular weight is 218 g/mol. The summed E-state index contributed by atoms with van der Waals surface area (Å²) >= 11 is 0. The van der Waals surface area contributed by atoms with E-state index in [1.807, 2.05) is 27.7 Å². The van der Waals surface area contributed by atoms with Crippen molar-refractivity contribution in [3.63, 3.8) is 0 Å². The lowest BCUT2D eigenvalue weighted by Gasteiger charge is -2.18. The smallest absolute Gasteiger partial charge is 0.303 e. The largest absolute Gasteiger partial charge is 0.460 e. The van der Waals surface area contributed by atoms with Crippen molar-refractivity contribution in [1.29, 1.82) is 0 Å². The second-order valence-corrected chi connectivity index (χ2v) is 4.37. The van der Waals surface area contributed by atoms with E-state index in [9.17, 15) is 4.79 Å². The first-order valence-corrected chi connectivity index (χ1v) is 5.24. The first-order chi connectivity index (χ1) is 6.81. The van der Waals surface area contributed by atoms with E-state index in [2.05, 4.69) is 0 Å². The van der Waals surface area contributed by atoms with Crippen molar-refractivity contribution in [3.8, 4) is 0 Å². The number of ether oxygens (including phenoxy) is 3. The van der Waals surface area contributed by atoms with E-state index >= 15 is 0 Å². The minimum absolute atomic E-state index is 0.0359. The Balaban J connectivity index is 0.000000262. The van der Waals surface area contributed by atoms with Crippen molar-refractivity contribution in [3.05, 3.63) is 0 Å². The Morgan fingerprint density at radius 1 is 1.27 bits per heavy atom. The van der Waals surface area contributed by atoms with Crippen LogP contribution in [0.25, 0.3) is 0 Å². The first-order valence-electron chi connectivity index (χ1n) is 5.24. The molecule has 90 valence electrons. The molecule has 4 heteroatoms. The van der Waals surface area contributed by atoms with Gasteiger partial charge in [-0.1, -0.05) is 0 Å². The van der Waals surface area contributed by atoms with Gasteiger partial charge in [-0.3, -0.25) is 4.79 Å². The van der Waals surface area contributed by atoms with Crippen LogP contribution in [-0.2, 0) is 19.0 Å². The van der Waals surface area contributed by atoms with Gasteiger partial charge in [-0.15, -0.1) is 0 Å². The van der Waals surface area contributed by atoms with Crippen molar-refractivity contribution in [2.75, 3.05) is 13.2 Å². The van der Waals surface area contributed by atoms with Gasteiger partial charge in [-0.2, -0.15) is 0 Å². The molecule has 0 aromatic heterocycles. The average Bonchev–Trinajstić information content (AvgIpc) is 2.01. The molecular formula is C11H22O4. The molecule has 0 saturated carbocycles. The summed E-state index contributed by atoms with van der Waals surface area (Å²) in [5.74, 6) is -0.225. The Morgan fingerprint density at radius 2 is 1.73 bits per heavy atom. The summed E-state index contributed by atoms with van der Waals surface area (Å²) in [6, 6.07) is 0. The van der Waals surface area contributed by atoms with Gasteiger partial charge in [0.15, 0.2) is 6.29 Å². The molecule has 1 saturated heterocycles. The van der Waals surface area contributed by atoms with E-state index in [0.29, 0.717) is 0 Å². The second kappa shape index (κ2) is 6.80. The Morgan fingerprint density at radius 3 is 1.87 bits per heavy atom. The SMILES string of the molecule is CC(=O)OC(C)(C)C.CC1OCCCO1. The van der Waals surface area contributed by atoms with Crippen LogP contribution in [0.4, 0.5) is 0 Å². The zero-order valence-corrected chi connectivity index (χ0v) is 10.3. The zero-order chi connectivity index (χ0) is 11.9. The van der Waals surface area contributed by atoms with E-state index < -0.39 is 0 Å². The van der Waals surface area contributed by atoms with Crippen LogP contribution < -0.4 is 0 Å². The fourth-order valence-corrected chi connectivity index (χ4v) is 1.04. The van der Waals surface area contributed by atoms with Gasteiger partial charge < -0.3 is 14.2 Å². The van der Waals surface area contributed by atoms with Crippen molar-refractivity contribution in [2.45, 2.75) is 52.9 Å². The van der Waals surface area contributed by atoms with E-state index in [1.54, 1.807) is 0 Å². The Labute approximate surface area is 91.9 Å². The predicted molar refractivity (Wildman–Crippen MR) is 57.5 cm³/mol. The van der Waals surface area contributed by atoms with Crippen LogP contribution in [0.2, 0.25) is 0 Å². The van der Waals surface area contributed by atoms with E-state index in [4.69, 9.17) is 14.2 Å². The normalized spacial score (nSPS) is 17.7. The fraction of sp³-hybridized carbons (Fsp3) is 0.909. The third-order valence-electron chi connectivity index (χ3n) is 1.44. The van der Waals surface area contributed by atoms with Crippen LogP contribution >= 0.6 is 0 Å². The molecule has 15 heavy (non-hydrogen) atoms. The van der Waals surface area contributed by atoms with Gasteiger partial charge in [0.1, 0.15) is 5.60 Å². The topological polar surface area (TPSA) is 44.8 Å². The van der Waals surface area contributed by atoms with Crippen LogP contribution in [0, 0.1) is 0 Å². The summed E-state index contributed by atoms with van der Waals surface area (Å²) in [7, 11) is 0. The summed E-state index contributed by atoms with van der Waals surface area (Å²) in [5, 5.41) is 0. The Hall–Kier alpha value is -0.610. The third kappa shape index (κ3) is 11.3. The Bertz CT molecular complexity index is 178. The number of hydrogen-bond acceptors (Lipinski definition) is 4. The molecule has 0 aliphatic carbocycles. The second-order valence-electron chi connectivity index (χ2n) is 4.37. The van der Waals surface area contributed by atoms with Crippen molar-refractivity contribution < 1.29 is 19.0 Å². The fourth-order valence-electron chi connectivity index (χ4n) is 1.04. The lowest BCUT2D eigenvalue weighted by molar-refractivity contribution is -0.167. The molecule has 0 unspecified atom stereocenters. The van der Waals surface area contributed by atoms with Crippen molar-refractivity contribution in [1.82, 2.24) is 0 Å². The Kier molecular flexibility index (Phi) is 6.52. The number of carbonyl (C=O) groups is 1. The lowest BCUT2D eigenvalue weighted by atomic mass is 10.2. The zero-order valence-electron chi connectivity index (χ0n) is 10.3. The van der Waals surface area contributed by atoms with Gasteiger partial charge in [-0.25, -0.2) is 0 Å². The van der Waals surface area contributed by atoms with Gasteiger partial charge in [0.25, 0.3) is 0 Å². The van der Waals surface area contributed by atoms with Crippen LogP contribution in [-0.4, -0.2) is 31.1 Å². The maximum atomic E-state index is 10.2. The molecule has 1 heterocycles. The molecule has 0 aromatic carbocycles. The standard InChI is InChI=1S/C6H12O2.C5H10O2/c1-5(7)8-6(2,3)4;1-5-6-3-2-4-7-5/h1-4H3;5H,2-4H2,1H3. The van der Waals surface area contributed by atoms with Gasteiger partial charge in [0.2, 0.25) is 0 Å². The molecule has 0 atom stereocenters. The minimum Gasteiger partial charge on any atom is -0.460 e. The molecule has 0 N–H and O–H groups in total. The molecule has 0 bridgehead atoms. The maximum absolute atomic E-state index is 10.2. The van der Waals surface area contributed by atoms with Crippen LogP contribution in [0.5, 0.6) is 0 Å². The molecular weight excluding hydrogens is 196 g/mol. The van der Waals surface area contributed by atoms with Crippen LogP contribution in [0.15, 0.2) is 0 Å². The summed E-state index contributed by atoms with van der Waals surface area (Å²) in [4.78, 5) is 10.2. The van der Waals surface area contributed by atoms with Crippen molar-refractivity contribution in [2.24, 2.45) is 0 Å². The van der Waals surface area contributed by atoms with Gasteiger partial charge in [-0.05, 0) is 34.1 Å². The van der Waals surface area contributed by atoms with Gasteiger partial charge in [0, 0.05) is 6.92 Å². The maximum Gasteiger partial charge on any atom is 0.303 e. The van der Waals surface area contributed by atoms with E-state index in [-0.39, 0.29) is 17.9 Å². The molecule has 1 aliphatic heterocycles. The van der Waals surface area contributed by atoms with Crippen LogP contribution in [0.1, 0.15) is 41.0 Å². The van der Waals surface area contributed by atoms with Gasteiger partial charge in [0.05, 0.1) is 13.2 Å². The summed E-state index contributed by atoms with van der Waals surface area (Å²) < 4.78 is 14.9. The molecule has 0 radical (unpaired) electrons. The molecule has 0 aromatic rings.